The van der Waals surface area contributed by atoms with E-state index in [0.29, 0.717) is 6.04 Å². The molecule has 0 bridgehead atoms. The molecule has 1 atom stereocenters. The fraction of sp³-hybridized carbons (Fsp3) is 0.545. The molecule has 27 heavy (non-hydrogen) atoms. The summed E-state index contributed by atoms with van der Waals surface area (Å²) in [5.74, 6) is 1.97. The van der Waals surface area contributed by atoms with Crippen molar-refractivity contribution in [2.45, 2.75) is 65.0 Å². The lowest BCUT2D eigenvalue weighted by atomic mass is 10.1. The van der Waals surface area contributed by atoms with Gasteiger partial charge in [0.15, 0.2) is 5.96 Å². The topological polar surface area (TPSA) is 54.2 Å². The van der Waals surface area contributed by atoms with Crippen molar-refractivity contribution < 1.29 is 0 Å². The lowest BCUT2D eigenvalue weighted by Crippen LogP contribution is -2.43. The van der Waals surface area contributed by atoms with E-state index < -0.39 is 0 Å². The molecule has 2 N–H and O–H groups in total. The molecule has 1 aromatic heterocycles. The molecular formula is C22H35N5. The van der Waals surface area contributed by atoms with Crippen LogP contribution in [0.2, 0.25) is 0 Å². The van der Waals surface area contributed by atoms with Crippen molar-refractivity contribution in [1.82, 2.24) is 20.2 Å². The van der Waals surface area contributed by atoms with Gasteiger partial charge >= 0.3 is 0 Å². The molecule has 2 rings (SSSR count). The molecule has 0 aliphatic carbocycles. The molecule has 1 aromatic carbocycles. The second kappa shape index (κ2) is 12.2. The fourth-order valence-corrected chi connectivity index (χ4v) is 3.16. The van der Waals surface area contributed by atoms with E-state index >= 15 is 0 Å². The average molecular weight is 370 g/mol. The van der Waals surface area contributed by atoms with Gasteiger partial charge in [-0.25, -0.2) is 4.98 Å². The highest BCUT2D eigenvalue weighted by molar-refractivity contribution is 5.79. The summed E-state index contributed by atoms with van der Waals surface area (Å²) >= 11 is 0. The Kier molecular flexibility index (Phi) is 9.45. The summed E-state index contributed by atoms with van der Waals surface area (Å²) in [6, 6.07) is 10.9. The Morgan fingerprint density at radius 2 is 2.00 bits per heavy atom. The third-order valence-corrected chi connectivity index (χ3v) is 4.74. The number of aliphatic imine (C=N–C) groups is 1. The van der Waals surface area contributed by atoms with E-state index in [1.807, 2.05) is 25.5 Å². The van der Waals surface area contributed by atoms with E-state index in [-0.39, 0.29) is 0 Å². The SMILES string of the molecule is CCCCCCC(C)NC(=NC)NCCc1nccn1Cc1ccccc1. The molecule has 2 aromatic rings. The van der Waals surface area contributed by atoms with E-state index in [1.165, 1.54) is 37.7 Å². The standard InChI is InChI=1S/C22H35N5/c1-4-5-6-8-11-19(2)26-22(23-3)25-15-14-21-24-16-17-27(21)18-20-12-9-7-10-13-20/h7,9-10,12-13,16-17,19H,4-6,8,11,14-15,18H2,1-3H3,(H2,23,25,26). The number of unbranched alkanes of at least 4 members (excludes halogenated alkanes) is 3. The van der Waals surface area contributed by atoms with Crippen LogP contribution in [0.4, 0.5) is 0 Å². The Morgan fingerprint density at radius 3 is 2.74 bits per heavy atom. The minimum Gasteiger partial charge on any atom is -0.356 e. The second-order valence-electron chi connectivity index (χ2n) is 7.10. The number of nitrogens with zero attached hydrogens (tertiary/aromatic N) is 3. The van der Waals surface area contributed by atoms with Gasteiger partial charge in [-0.15, -0.1) is 0 Å². The van der Waals surface area contributed by atoms with Crippen molar-refractivity contribution in [2.24, 2.45) is 4.99 Å². The predicted octanol–water partition coefficient (Wildman–Crippen LogP) is 4.00. The van der Waals surface area contributed by atoms with Crippen LogP contribution in [0.5, 0.6) is 0 Å². The molecule has 0 spiro atoms. The normalized spacial score (nSPS) is 12.8. The van der Waals surface area contributed by atoms with Gasteiger partial charge in [-0.3, -0.25) is 4.99 Å². The van der Waals surface area contributed by atoms with E-state index in [4.69, 9.17) is 0 Å². The summed E-state index contributed by atoms with van der Waals surface area (Å²) in [7, 11) is 1.83. The smallest absolute Gasteiger partial charge is 0.191 e. The first-order valence-corrected chi connectivity index (χ1v) is 10.2. The van der Waals surface area contributed by atoms with Gasteiger partial charge in [0.05, 0.1) is 0 Å². The largest absolute Gasteiger partial charge is 0.356 e. The molecule has 0 saturated heterocycles. The maximum Gasteiger partial charge on any atom is 0.191 e. The maximum absolute atomic E-state index is 4.52. The highest BCUT2D eigenvalue weighted by Crippen LogP contribution is 2.06. The van der Waals surface area contributed by atoms with E-state index in [0.717, 1.165) is 31.3 Å². The van der Waals surface area contributed by atoms with Crippen molar-refractivity contribution in [2.75, 3.05) is 13.6 Å². The van der Waals surface area contributed by atoms with Crippen LogP contribution < -0.4 is 10.6 Å². The zero-order valence-corrected chi connectivity index (χ0v) is 17.1. The Morgan fingerprint density at radius 1 is 1.19 bits per heavy atom. The minimum atomic E-state index is 0.438. The summed E-state index contributed by atoms with van der Waals surface area (Å²) < 4.78 is 2.21. The highest BCUT2D eigenvalue weighted by atomic mass is 15.2. The van der Waals surface area contributed by atoms with E-state index in [1.54, 1.807) is 0 Å². The van der Waals surface area contributed by atoms with Crippen LogP contribution in [0.15, 0.2) is 47.7 Å². The van der Waals surface area contributed by atoms with Crippen LogP contribution in [-0.2, 0) is 13.0 Å². The van der Waals surface area contributed by atoms with Crippen molar-refractivity contribution >= 4 is 5.96 Å². The van der Waals surface area contributed by atoms with E-state index in [2.05, 4.69) is 63.3 Å². The number of guanidine groups is 1. The summed E-state index contributed by atoms with van der Waals surface area (Å²) in [6.07, 6.45) is 11.2. The predicted molar refractivity (Wildman–Crippen MR) is 114 cm³/mol. The first-order chi connectivity index (χ1) is 13.2. The third kappa shape index (κ3) is 7.85. The van der Waals surface area contributed by atoms with Crippen molar-refractivity contribution in [3.05, 3.63) is 54.1 Å². The monoisotopic (exact) mass is 369 g/mol. The quantitative estimate of drug-likeness (QED) is 0.358. The number of rotatable bonds is 11. The molecule has 5 heteroatoms. The number of nitrogens with one attached hydrogen (secondary N) is 2. The first kappa shape index (κ1) is 21.0. The second-order valence-corrected chi connectivity index (χ2v) is 7.10. The molecule has 1 unspecified atom stereocenters. The number of aromatic nitrogens is 2. The molecule has 0 aliphatic rings. The average Bonchev–Trinajstić information content (AvgIpc) is 3.12. The molecule has 0 amide bonds. The van der Waals surface area contributed by atoms with Gasteiger partial charge in [0, 0.05) is 45.0 Å². The van der Waals surface area contributed by atoms with Gasteiger partial charge in [0.2, 0.25) is 0 Å². The number of benzene rings is 1. The van der Waals surface area contributed by atoms with Crippen LogP contribution in [-0.4, -0.2) is 35.1 Å². The van der Waals surface area contributed by atoms with Crippen molar-refractivity contribution in [1.29, 1.82) is 0 Å². The van der Waals surface area contributed by atoms with Crippen molar-refractivity contribution in [3.63, 3.8) is 0 Å². The van der Waals surface area contributed by atoms with Gasteiger partial charge in [0.1, 0.15) is 5.82 Å². The van der Waals surface area contributed by atoms with Crippen LogP contribution in [0, 0.1) is 0 Å². The Balaban J connectivity index is 1.74. The summed E-state index contributed by atoms with van der Waals surface area (Å²) in [5, 5.41) is 6.91. The number of hydrogen-bond acceptors (Lipinski definition) is 2. The molecule has 0 radical (unpaired) electrons. The third-order valence-electron chi connectivity index (χ3n) is 4.74. The lowest BCUT2D eigenvalue weighted by Gasteiger charge is -2.18. The molecule has 0 aliphatic heterocycles. The first-order valence-electron chi connectivity index (χ1n) is 10.2. The molecule has 1 heterocycles. The zero-order chi connectivity index (χ0) is 19.3. The van der Waals surface area contributed by atoms with Crippen molar-refractivity contribution in [3.8, 4) is 0 Å². The molecular weight excluding hydrogens is 334 g/mol. The molecule has 5 nitrogen and oxygen atoms in total. The Labute approximate surface area is 164 Å². The van der Waals surface area contributed by atoms with Crippen LogP contribution in [0.3, 0.4) is 0 Å². The van der Waals surface area contributed by atoms with Gasteiger partial charge in [-0.1, -0.05) is 62.9 Å². The maximum atomic E-state index is 4.52. The molecule has 0 saturated carbocycles. The molecule has 0 fully saturated rings. The minimum absolute atomic E-state index is 0.438. The summed E-state index contributed by atoms with van der Waals surface area (Å²) in [4.78, 5) is 8.87. The fourth-order valence-electron chi connectivity index (χ4n) is 3.16. The van der Waals surface area contributed by atoms with E-state index in [9.17, 15) is 0 Å². The highest BCUT2D eigenvalue weighted by Gasteiger charge is 2.07. The van der Waals surface area contributed by atoms with Gasteiger partial charge in [-0.2, -0.15) is 0 Å². The van der Waals surface area contributed by atoms with Crippen LogP contribution in [0.1, 0.15) is 57.3 Å². The van der Waals surface area contributed by atoms with Gasteiger partial charge < -0.3 is 15.2 Å². The van der Waals surface area contributed by atoms with Crippen LogP contribution >= 0.6 is 0 Å². The summed E-state index contributed by atoms with van der Waals surface area (Å²) in [5.41, 5.74) is 1.29. The summed E-state index contributed by atoms with van der Waals surface area (Å²) in [6.45, 7) is 6.15. The number of imidazole rings is 1. The van der Waals surface area contributed by atoms with Gasteiger partial charge in [-0.05, 0) is 18.9 Å². The molecule has 148 valence electrons. The van der Waals surface area contributed by atoms with Crippen LogP contribution in [0.25, 0.3) is 0 Å². The zero-order valence-electron chi connectivity index (χ0n) is 17.1. The number of hydrogen-bond donors (Lipinski definition) is 2. The Bertz CT molecular complexity index is 662. The van der Waals surface area contributed by atoms with Gasteiger partial charge in [0.25, 0.3) is 0 Å². The Hall–Kier alpha value is -2.30. The lowest BCUT2D eigenvalue weighted by molar-refractivity contribution is 0.536.